The Kier molecular flexibility index (Phi) is 5.02. The molecule has 0 saturated heterocycles. The summed E-state index contributed by atoms with van der Waals surface area (Å²) in [6.45, 7) is 1.56. The molecule has 4 nitrogen and oxygen atoms in total. The number of halogens is 3. The Hall–Kier alpha value is -0.340. The van der Waals surface area contributed by atoms with E-state index in [-0.39, 0.29) is 12.6 Å². The van der Waals surface area contributed by atoms with E-state index in [0.29, 0.717) is 36.4 Å². The van der Waals surface area contributed by atoms with Crippen molar-refractivity contribution < 1.29 is 21.6 Å². The van der Waals surface area contributed by atoms with Crippen LogP contribution < -0.4 is 5.73 Å². The summed E-state index contributed by atoms with van der Waals surface area (Å²) < 4.78 is 61.3. The van der Waals surface area contributed by atoms with Crippen molar-refractivity contribution in [3.63, 3.8) is 0 Å². The number of hydrogen-bond acceptors (Lipinski definition) is 3. The van der Waals surface area contributed by atoms with E-state index in [4.69, 9.17) is 5.73 Å². The lowest BCUT2D eigenvalue weighted by atomic mass is 9.92. The highest BCUT2D eigenvalue weighted by Crippen LogP contribution is 2.32. The first-order chi connectivity index (χ1) is 8.20. The zero-order valence-corrected chi connectivity index (χ0v) is 11.1. The first kappa shape index (κ1) is 15.7. The van der Waals surface area contributed by atoms with E-state index < -0.39 is 21.6 Å². The summed E-state index contributed by atoms with van der Waals surface area (Å²) in [6, 6.07) is -0.602. The molecule has 0 aliphatic heterocycles. The Bertz CT molecular complexity index is 362. The summed E-state index contributed by atoms with van der Waals surface area (Å²) in [7, 11) is -5.23. The van der Waals surface area contributed by atoms with Crippen LogP contribution in [0.2, 0.25) is 0 Å². The molecule has 0 aromatic carbocycles. The molecule has 8 heteroatoms. The minimum Gasteiger partial charge on any atom is -0.328 e. The van der Waals surface area contributed by atoms with Crippen LogP contribution in [0.4, 0.5) is 13.2 Å². The highest BCUT2D eigenvalue weighted by atomic mass is 32.2. The maximum Gasteiger partial charge on any atom is 0.511 e. The molecule has 0 amide bonds. The molecule has 1 rings (SSSR count). The monoisotopic (exact) mass is 288 g/mol. The SMILES string of the molecule is CCCN(C1CCC(N)CC1)S(=O)(=O)C(F)(F)F. The van der Waals surface area contributed by atoms with Crippen LogP contribution in [0.15, 0.2) is 0 Å². The second-order valence-electron chi connectivity index (χ2n) is 4.63. The zero-order valence-electron chi connectivity index (χ0n) is 10.3. The molecule has 1 aliphatic rings. The van der Waals surface area contributed by atoms with Crippen LogP contribution in [0.25, 0.3) is 0 Å². The van der Waals surface area contributed by atoms with Crippen molar-refractivity contribution >= 4 is 10.0 Å². The van der Waals surface area contributed by atoms with Crippen molar-refractivity contribution in [1.82, 2.24) is 4.31 Å². The van der Waals surface area contributed by atoms with E-state index in [9.17, 15) is 21.6 Å². The van der Waals surface area contributed by atoms with Crippen molar-refractivity contribution in [2.24, 2.45) is 5.73 Å². The van der Waals surface area contributed by atoms with Crippen molar-refractivity contribution in [3.8, 4) is 0 Å². The normalized spacial score (nSPS) is 26.6. The van der Waals surface area contributed by atoms with Gasteiger partial charge in [-0.3, -0.25) is 0 Å². The van der Waals surface area contributed by atoms with Gasteiger partial charge in [-0.1, -0.05) is 6.92 Å². The van der Waals surface area contributed by atoms with Gasteiger partial charge >= 0.3 is 15.5 Å². The van der Waals surface area contributed by atoms with Gasteiger partial charge in [-0.25, -0.2) is 8.42 Å². The largest absolute Gasteiger partial charge is 0.511 e. The number of hydrogen-bond donors (Lipinski definition) is 1. The number of alkyl halides is 3. The van der Waals surface area contributed by atoms with Gasteiger partial charge in [0.25, 0.3) is 0 Å². The molecule has 0 bridgehead atoms. The Balaban J connectivity index is 2.90. The quantitative estimate of drug-likeness (QED) is 0.858. The highest BCUT2D eigenvalue weighted by molar-refractivity contribution is 7.90. The molecule has 1 fully saturated rings. The first-order valence-electron chi connectivity index (χ1n) is 6.03. The number of rotatable bonds is 4. The fourth-order valence-corrected chi connectivity index (χ4v) is 3.53. The smallest absolute Gasteiger partial charge is 0.328 e. The Morgan fingerprint density at radius 1 is 1.22 bits per heavy atom. The molecular weight excluding hydrogens is 269 g/mol. The van der Waals surface area contributed by atoms with Crippen molar-refractivity contribution in [2.45, 2.75) is 56.6 Å². The summed E-state index contributed by atoms with van der Waals surface area (Å²) in [5.74, 6) is 0. The van der Waals surface area contributed by atoms with E-state index in [0.717, 1.165) is 0 Å². The average Bonchev–Trinajstić information content (AvgIpc) is 2.25. The molecule has 0 spiro atoms. The van der Waals surface area contributed by atoms with Gasteiger partial charge in [0.2, 0.25) is 0 Å². The lowest BCUT2D eigenvalue weighted by Gasteiger charge is -2.35. The Labute approximate surface area is 105 Å². The summed E-state index contributed by atoms with van der Waals surface area (Å²) in [5.41, 5.74) is 0.455. The standard InChI is InChI=1S/C10H19F3N2O2S/c1-2-7-15(18(16,17)10(11,12)13)9-5-3-8(14)4-6-9/h8-9H,2-7,14H2,1H3. The fourth-order valence-electron chi connectivity index (χ4n) is 2.24. The molecule has 0 atom stereocenters. The number of sulfonamides is 1. The van der Waals surface area contributed by atoms with Gasteiger partial charge in [0.05, 0.1) is 0 Å². The van der Waals surface area contributed by atoms with Crippen LogP contribution in [0.1, 0.15) is 39.0 Å². The molecule has 108 valence electrons. The molecule has 1 saturated carbocycles. The third kappa shape index (κ3) is 3.36. The van der Waals surface area contributed by atoms with E-state index in [1.54, 1.807) is 6.92 Å². The van der Waals surface area contributed by atoms with E-state index in [1.807, 2.05) is 0 Å². The van der Waals surface area contributed by atoms with Crippen LogP contribution in [0, 0.1) is 0 Å². The molecule has 0 unspecified atom stereocenters. The van der Waals surface area contributed by atoms with Crippen molar-refractivity contribution in [1.29, 1.82) is 0 Å². The van der Waals surface area contributed by atoms with Crippen LogP contribution in [0.5, 0.6) is 0 Å². The molecule has 0 heterocycles. The first-order valence-corrected chi connectivity index (χ1v) is 7.47. The average molecular weight is 288 g/mol. The molecule has 18 heavy (non-hydrogen) atoms. The third-order valence-electron chi connectivity index (χ3n) is 3.19. The van der Waals surface area contributed by atoms with E-state index in [1.165, 1.54) is 0 Å². The van der Waals surface area contributed by atoms with E-state index in [2.05, 4.69) is 0 Å². The molecule has 0 aromatic heterocycles. The molecular formula is C10H19F3N2O2S. The molecule has 2 N–H and O–H groups in total. The maximum atomic E-state index is 12.6. The predicted molar refractivity (Wildman–Crippen MR) is 62.2 cm³/mol. The molecule has 0 radical (unpaired) electrons. The summed E-state index contributed by atoms with van der Waals surface area (Å²) in [4.78, 5) is 0. The highest BCUT2D eigenvalue weighted by Gasteiger charge is 2.51. The number of nitrogens with zero attached hydrogens (tertiary/aromatic N) is 1. The number of nitrogens with two attached hydrogens (primary N) is 1. The van der Waals surface area contributed by atoms with Gasteiger partial charge in [0.15, 0.2) is 0 Å². The summed E-state index contributed by atoms with van der Waals surface area (Å²) in [6.07, 6.45) is 2.29. The van der Waals surface area contributed by atoms with Crippen LogP contribution in [0.3, 0.4) is 0 Å². The minimum atomic E-state index is -5.23. The minimum absolute atomic E-state index is 0.0293. The van der Waals surface area contributed by atoms with E-state index >= 15 is 0 Å². The van der Waals surface area contributed by atoms with Crippen LogP contribution >= 0.6 is 0 Å². The van der Waals surface area contributed by atoms with Crippen LogP contribution in [-0.2, 0) is 10.0 Å². The maximum absolute atomic E-state index is 12.6. The van der Waals surface area contributed by atoms with Gasteiger partial charge in [0.1, 0.15) is 0 Å². The second kappa shape index (κ2) is 5.75. The van der Waals surface area contributed by atoms with Gasteiger partial charge in [-0.05, 0) is 32.1 Å². The van der Waals surface area contributed by atoms with Gasteiger partial charge in [-0.2, -0.15) is 17.5 Å². The zero-order chi connectivity index (χ0) is 14.0. The lowest BCUT2D eigenvalue weighted by Crippen LogP contribution is -2.49. The van der Waals surface area contributed by atoms with Gasteiger partial charge in [0, 0.05) is 18.6 Å². The molecule has 1 aliphatic carbocycles. The van der Waals surface area contributed by atoms with Crippen LogP contribution in [-0.4, -0.2) is 36.9 Å². The fraction of sp³-hybridized carbons (Fsp3) is 1.00. The van der Waals surface area contributed by atoms with Gasteiger partial charge < -0.3 is 5.73 Å². The Morgan fingerprint density at radius 2 is 1.72 bits per heavy atom. The summed E-state index contributed by atoms with van der Waals surface area (Å²) in [5, 5.41) is 0. The Morgan fingerprint density at radius 3 is 2.11 bits per heavy atom. The molecule has 0 aromatic rings. The van der Waals surface area contributed by atoms with Gasteiger partial charge in [-0.15, -0.1) is 0 Å². The summed E-state index contributed by atoms with van der Waals surface area (Å²) >= 11 is 0. The topological polar surface area (TPSA) is 63.4 Å². The van der Waals surface area contributed by atoms with Crippen molar-refractivity contribution in [3.05, 3.63) is 0 Å². The van der Waals surface area contributed by atoms with Crippen molar-refractivity contribution in [2.75, 3.05) is 6.54 Å². The predicted octanol–water partition coefficient (Wildman–Crippen LogP) is 1.82. The second-order valence-corrected chi connectivity index (χ2v) is 6.51. The third-order valence-corrected chi connectivity index (χ3v) is 4.88. The lowest BCUT2D eigenvalue weighted by molar-refractivity contribution is -0.0505.